The van der Waals surface area contributed by atoms with E-state index in [-0.39, 0.29) is 12.0 Å². The van der Waals surface area contributed by atoms with Gasteiger partial charge in [-0.15, -0.1) is 0 Å². The maximum atomic E-state index is 11.4. The van der Waals surface area contributed by atoms with Gasteiger partial charge in [-0.05, 0) is 38.0 Å². The van der Waals surface area contributed by atoms with Crippen LogP contribution in [-0.2, 0) is 4.79 Å². The van der Waals surface area contributed by atoms with Gasteiger partial charge in [-0.1, -0.05) is 19.8 Å². The van der Waals surface area contributed by atoms with Crippen LogP contribution in [0.1, 0.15) is 52.4 Å². The van der Waals surface area contributed by atoms with E-state index in [1.807, 2.05) is 0 Å². The van der Waals surface area contributed by atoms with Gasteiger partial charge in [0.25, 0.3) is 0 Å². The van der Waals surface area contributed by atoms with Gasteiger partial charge in [0.1, 0.15) is 0 Å². The summed E-state index contributed by atoms with van der Waals surface area (Å²) in [5, 5.41) is 12.0. The van der Waals surface area contributed by atoms with Gasteiger partial charge in [-0.2, -0.15) is 0 Å². The highest BCUT2D eigenvalue weighted by molar-refractivity contribution is 5.75. The van der Waals surface area contributed by atoms with Crippen LogP contribution in [0.5, 0.6) is 0 Å². The van der Waals surface area contributed by atoms with E-state index in [1.54, 1.807) is 6.92 Å². The Balaban J connectivity index is 2.07. The smallest absolute Gasteiger partial charge is 0.220 e. The molecule has 0 bridgehead atoms. The number of nitrogens with one attached hydrogen (secondary N) is 1. The van der Waals surface area contributed by atoms with E-state index in [0.29, 0.717) is 18.8 Å². The summed E-state index contributed by atoms with van der Waals surface area (Å²) >= 11 is 0. The van der Waals surface area contributed by atoms with Crippen molar-refractivity contribution in [3.8, 4) is 0 Å². The molecule has 0 aromatic carbocycles. The maximum absolute atomic E-state index is 11.4. The van der Waals surface area contributed by atoms with Gasteiger partial charge >= 0.3 is 0 Å². The fraction of sp³-hybridized carbons (Fsp3) is 0.923. The van der Waals surface area contributed by atoms with E-state index in [2.05, 4.69) is 12.2 Å². The molecule has 1 aliphatic rings. The molecule has 1 aliphatic carbocycles. The lowest BCUT2D eigenvalue weighted by Gasteiger charge is -2.26. The summed E-state index contributed by atoms with van der Waals surface area (Å²) in [4.78, 5) is 11.4. The van der Waals surface area contributed by atoms with Crippen molar-refractivity contribution >= 4 is 5.91 Å². The fourth-order valence-electron chi connectivity index (χ4n) is 2.22. The van der Waals surface area contributed by atoms with Crippen LogP contribution in [0, 0.1) is 11.8 Å². The van der Waals surface area contributed by atoms with E-state index in [0.717, 1.165) is 12.5 Å². The standard InChI is InChI=1S/C13H25NO2/c1-10-3-6-12(7-4-10)9-14-13(16)8-5-11(2)15/h10-12,15H,3-9H2,1-2H3,(H,14,16). The minimum absolute atomic E-state index is 0.0829. The van der Waals surface area contributed by atoms with Crippen LogP contribution >= 0.6 is 0 Å². The van der Waals surface area contributed by atoms with Gasteiger partial charge in [-0.25, -0.2) is 0 Å². The average Bonchev–Trinajstić information content (AvgIpc) is 2.25. The molecular weight excluding hydrogens is 202 g/mol. The molecule has 1 atom stereocenters. The number of amides is 1. The van der Waals surface area contributed by atoms with Crippen LogP contribution in [0.2, 0.25) is 0 Å². The molecule has 0 spiro atoms. The second-order valence-corrected chi connectivity index (χ2v) is 5.32. The number of carbonyl (C=O) groups is 1. The maximum Gasteiger partial charge on any atom is 0.220 e. The third-order valence-corrected chi connectivity index (χ3v) is 3.51. The number of hydrogen-bond donors (Lipinski definition) is 2. The van der Waals surface area contributed by atoms with Crippen molar-refractivity contribution in [2.75, 3.05) is 6.54 Å². The normalized spacial score (nSPS) is 27.4. The number of hydrogen-bond acceptors (Lipinski definition) is 2. The molecule has 1 fully saturated rings. The van der Waals surface area contributed by atoms with E-state index in [1.165, 1.54) is 25.7 Å². The molecule has 2 N–H and O–H groups in total. The molecule has 0 aromatic rings. The summed E-state index contributed by atoms with van der Waals surface area (Å²) in [6.07, 6.45) is 5.73. The molecule has 0 aliphatic heterocycles. The SMILES string of the molecule is CC(O)CCC(=O)NCC1CCC(C)CC1. The Morgan fingerprint density at radius 1 is 1.38 bits per heavy atom. The quantitative estimate of drug-likeness (QED) is 0.755. The molecule has 0 aromatic heterocycles. The number of aliphatic hydroxyl groups is 1. The molecule has 3 heteroatoms. The highest BCUT2D eigenvalue weighted by atomic mass is 16.3. The highest BCUT2D eigenvalue weighted by Gasteiger charge is 2.18. The zero-order valence-electron chi connectivity index (χ0n) is 10.5. The van der Waals surface area contributed by atoms with E-state index >= 15 is 0 Å². The van der Waals surface area contributed by atoms with E-state index in [4.69, 9.17) is 5.11 Å². The van der Waals surface area contributed by atoms with Gasteiger partial charge in [0.2, 0.25) is 5.91 Å². The molecule has 0 saturated heterocycles. The largest absolute Gasteiger partial charge is 0.393 e. The van der Waals surface area contributed by atoms with Crippen molar-refractivity contribution in [2.24, 2.45) is 11.8 Å². The topological polar surface area (TPSA) is 49.3 Å². The predicted octanol–water partition coefficient (Wildman–Crippen LogP) is 2.09. The third-order valence-electron chi connectivity index (χ3n) is 3.51. The average molecular weight is 227 g/mol. The Labute approximate surface area is 98.6 Å². The van der Waals surface area contributed by atoms with Crippen LogP contribution in [0.15, 0.2) is 0 Å². The molecule has 1 amide bonds. The van der Waals surface area contributed by atoms with E-state index in [9.17, 15) is 4.79 Å². The van der Waals surface area contributed by atoms with Gasteiger partial charge in [0.15, 0.2) is 0 Å². The summed E-state index contributed by atoms with van der Waals surface area (Å²) in [6, 6.07) is 0. The second-order valence-electron chi connectivity index (χ2n) is 5.32. The van der Waals surface area contributed by atoms with Crippen LogP contribution in [0.3, 0.4) is 0 Å². The van der Waals surface area contributed by atoms with Crippen LogP contribution < -0.4 is 5.32 Å². The van der Waals surface area contributed by atoms with Crippen molar-refractivity contribution in [3.05, 3.63) is 0 Å². The lowest BCUT2D eigenvalue weighted by atomic mass is 9.83. The molecule has 1 rings (SSSR count). The number of aliphatic hydroxyl groups excluding tert-OH is 1. The highest BCUT2D eigenvalue weighted by Crippen LogP contribution is 2.27. The Kier molecular flexibility index (Phi) is 5.81. The zero-order valence-corrected chi connectivity index (χ0v) is 10.5. The van der Waals surface area contributed by atoms with Crippen molar-refractivity contribution in [1.82, 2.24) is 5.32 Å². The lowest BCUT2D eigenvalue weighted by molar-refractivity contribution is -0.121. The first-order valence-electron chi connectivity index (χ1n) is 6.52. The summed E-state index contributed by atoms with van der Waals surface area (Å²) < 4.78 is 0. The number of carbonyl (C=O) groups excluding carboxylic acids is 1. The van der Waals surface area contributed by atoms with Crippen molar-refractivity contribution < 1.29 is 9.90 Å². The summed E-state index contributed by atoms with van der Waals surface area (Å²) in [5.74, 6) is 1.62. The molecular formula is C13H25NO2. The first-order chi connectivity index (χ1) is 7.58. The number of rotatable bonds is 5. The first-order valence-corrected chi connectivity index (χ1v) is 6.52. The Bertz CT molecular complexity index is 208. The van der Waals surface area contributed by atoms with Gasteiger partial charge < -0.3 is 10.4 Å². The second kappa shape index (κ2) is 6.89. The summed E-state index contributed by atoms with van der Waals surface area (Å²) in [5.41, 5.74) is 0. The summed E-state index contributed by atoms with van der Waals surface area (Å²) in [7, 11) is 0. The monoisotopic (exact) mass is 227 g/mol. The molecule has 16 heavy (non-hydrogen) atoms. The molecule has 0 radical (unpaired) electrons. The van der Waals surface area contributed by atoms with Gasteiger partial charge in [0.05, 0.1) is 6.10 Å². The summed E-state index contributed by atoms with van der Waals surface area (Å²) in [6.45, 7) is 4.85. The molecule has 0 heterocycles. The first kappa shape index (κ1) is 13.5. The predicted molar refractivity (Wildman–Crippen MR) is 65.0 cm³/mol. The van der Waals surface area contributed by atoms with Crippen molar-refractivity contribution in [2.45, 2.75) is 58.5 Å². The minimum atomic E-state index is -0.374. The van der Waals surface area contributed by atoms with Crippen LogP contribution in [0.4, 0.5) is 0 Å². The third kappa shape index (κ3) is 5.50. The minimum Gasteiger partial charge on any atom is -0.393 e. The van der Waals surface area contributed by atoms with Crippen LogP contribution in [0.25, 0.3) is 0 Å². The Hall–Kier alpha value is -0.570. The molecule has 3 nitrogen and oxygen atoms in total. The van der Waals surface area contributed by atoms with Crippen LogP contribution in [-0.4, -0.2) is 23.7 Å². The van der Waals surface area contributed by atoms with Crippen molar-refractivity contribution in [3.63, 3.8) is 0 Å². The Morgan fingerprint density at radius 2 is 2.00 bits per heavy atom. The lowest BCUT2D eigenvalue weighted by Crippen LogP contribution is -2.31. The molecule has 94 valence electrons. The van der Waals surface area contributed by atoms with Crippen molar-refractivity contribution in [1.29, 1.82) is 0 Å². The molecule has 1 unspecified atom stereocenters. The zero-order chi connectivity index (χ0) is 12.0. The fourth-order valence-corrected chi connectivity index (χ4v) is 2.22. The Morgan fingerprint density at radius 3 is 2.56 bits per heavy atom. The molecule has 1 saturated carbocycles. The van der Waals surface area contributed by atoms with E-state index < -0.39 is 0 Å². The van der Waals surface area contributed by atoms with Gasteiger partial charge in [0, 0.05) is 13.0 Å². The van der Waals surface area contributed by atoms with Gasteiger partial charge in [-0.3, -0.25) is 4.79 Å².